The second-order valence-electron chi connectivity index (χ2n) is 4.59. The highest BCUT2D eigenvalue weighted by molar-refractivity contribution is 7.84. The molecule has 0 aliphatic rings. The van der Waals surface area contributed by atoms with Crippen molar-refractivity contribution >= 4 is 24.1 Å². The van der Waals surface area contributed by atoms with E-state index in [1.807, 2.05) is 6.07 Å². The molecule has 0 bridgehead atoms. The van der Waals surface area contributed by atoms with Gasteiger partial charge in [0.1, 0.15) is 11.8 Å². The molecule has 0 radical (unpaired) electrons. The molecule has 7 heteroatoms. The number of carboxylic acid groups (broad SMARTS) is 1. The highest BCUT2D eigenvalue weighted by atomic mass is 35.7. The number of carboxylic acids is 1. The van der Waals surface area contributed by atoms with Gasteiger partial charge in [0.05, 0.1) is 0 Å². The molecule has 2 N–H and O–H groups in total. The minimum Gasteiger partial charge on any atom is -0.480 e. The normalized spacial score (nSPS) is 14.8. The van der Waals surface area contributed by atoms with Crippen LogP contribution in [0.1, 0.15) is 5.56 Å². The summed E-state index contributed by atoms with van der Waals surface area (Å²) < 4.78 is 17.4. The SMILES string of the molecule is O=C(O)C(Cc1ccccc1)NP(=O)(Cl)Oc1ccccc1. The van der Waals surface area contributed by atoms with Crippen LogP contribution in [0.2, 0.25) is 0 Å². The second-order valence-corrected chi connectivity index (χ2v) is 7.33. The van der Waals surface area contributed by atoms with Crippen molar-refractivity contribution in [2.75, 3.05) is 0 Å². The van der Waals surface area contributed by atoms with E-state index in [0.717, 1.165) is 5.56 Å². The Morgan fingerprint density at radius 1 is 1.14 bits per heavy atom. The van der Waals surface area contributed by atoms with E-state index in [2.05, 4.69) is 5.09 Å². The van der Waals surface area contributed by atoms with Crippen molar-refractivity contribution in [1.29, 1.82) is 0 Å². The maximum absolute atomic E-state index is 12.3. The van der Waals surface area contributed by atoms with Crippen LogP contribution < -0.4 is 9.61 Å². The second kappa shape index (κ2) is 7.45. The molecule has 2 unspecified atom stereocenters. The van der Waals surface area contributed by atoms with Crippen molar-refractivity contribution in [3.05, 3.63) is 66.2 Å². The molecular formula is C15H15ClNO4P. The zero-order valence-electron chi connectivity index (χ0n) is 11.6. The van der Waals surface area contributed by atoms with Crippen LogP contribution in [0.4, 0.5) is 0 Å². The number of hydrogen-bond donors (Lipinski definition) is 2. The smallest absolute Gasteiger partial charge is 0.409 e. The lowest BCUT2D eigenvalue weighted by Crippen LogP contribution is -2.36. The summed E-state index contributed by atoms with van der Waals surface area (Å²) >= 11 is 5.83. The summed E-state index contributed by atoms with van der Waals surface area (Å²) in [6.45, 7) is -3.82. The predicted octanol–water partition coefficient (Wildman–Crippen LogP) is 3.70. The lowest BCUT2D eigenvalue weighted by molar-refractivity contribution is -0.138. The highest BCUT2D eigenvalue weighted by Gasteiger charge is 2.30. The van der Waals surface area contributed by atoms with Gasteiger partial charge >= 0.3 is 12.8 Å². The molecule has 0 saturated carbocycles. The average molecular weight is 340 g/mol. The summed E-state index contributed by atoms with van der Waals surface area (Å²) in [5.41, 5.74) is 0.791. The summed E-state index contributed by atoms with van der Waals surface area (Å²) in [4.78, 5) is 11.3. The van der Waals surface area contributed by atoms with Crippen LogP contribution in [0.25, 0.3) is 0 Å². The Labute approximate surface area is 133 Å². The van der Waals surface area contributed by atoms with Crippen molar-refractivity contribution in [3.63, 3.8) is 0 Å². The topological polar surface area (TPSA) is 75.6 Å². The first-order valence-corrected chi connectivity index (χ1v) is 9.08. The zero-order chi connectivity index (χ0) is 16.0. The van der Waals surface area contributed by atoms with Gasteiger partial charge in [0.25, 0.3) is 0 Å². The molecule has 22 heavy (non-hydrogen) atoms. The van der Waals surface area contributed by atoms with Crippen molar-refractivity contribution in [1.82, 2.24) is 5.09 Å². The Kier molecular flexibility index (Phi) is 5.61. The van der Waals surface area contributed by atoms with Crippen molar-refractivity contribution in [2.45, 2.75) is 12.5 Å². The largest absolute Gasteiger partial charge is 0.480 e. The molecule has 2 aromatic carbocycles. The Bertz CT molecular complexity index is 666. The number of rotatable bonds is 7. The van der Waals surface area contributed by atoms with Gasteiger partial charge in [0.15, 0.2) is 0 Å². The fraction of sp³-hybridized carbons (Fsp3) is 0.133. The molecule has 0 aliphatic carbocycles. The molecule has 0 aliphatic heterocycles. The maximum Gasteiger partial charge on any atom is 0.409 e. The minimum atomic E-state index is -3.82. The van der Waals surface area contributed by atoms with Crippen molar-refractivity contribution in [2.24, 2.45) is 0 Å². The van der Waals surface area contributed by atoms with E-state index in [1.54, 1.807) is 54.6 Å². The molecular weight excluding hydrogens is 325 g/mol. The number of aliphatic carboxylic acids is 1. The van der Waals surface area contributed by atoms with E-state index < -0.39 is 18.9 Å². The summed E-state index contributed by atoms with van der Waals surface area (Å²) in [6.07, 6.45) is 0.144. The van der Waals surface area contributed by atoms with Gasteiger partial charge < -0.3 is 9.63 Å². The van der Waals surface area contributed by atoms with Crippen LogP contribution >= 0.6 is 18.1 Å². The predicted molar refractivity (Wildman–Crippen MR) is 85.2 cm³/mol. The van der Waals surface area contributed by atoms with Gasteiger partial charge in [-0.25, -0.2) is 9.65 Å². The highest BCUT2D eigenvalue weighted by Crippen LogP contribution is 2.48. The van der Waals surface area contributed by atoms with Crippen LogP contribution in [0.15, 0.2) is 60.7 Å². The van der Waals surface area contributed by atoms with Crippen LogP contribution in [0.5, 0.6) is 5.75 Å². The van der Waals surface area contributed by atoms with Gasteiger partial charge in [-0.05, 0) is 24.1 Å². The minimum absolute atomic E-state index is 0.144. The lowest BCUT2D eigenvalue weighted by atomic mass is 10.1. The molecule has 5 nitrogen and oxygen atoms in total. The van der Waals surface area contributed by atoms with Crippen molar-refractivity contribution < 1.29 is 19.0 Å². The molecule has 0 spiro atoms. The van der Waals surface area contributed by atoms with E-state index in [-0.39, 0.29) is 6.42 Å². The third kappa shape index (κ3) is 5.19. The number of halogens is 1. The number of para-hydroxylation sites is 1. The first-order valence-electron chi connectivity index (χ1n) is 6.55. The average Bonchev–Trinajstić information content (AvgIpc) is 2.48. The summed E-state index contributed by atoms with van der Waals surface area (Å²) in [7, 11) is 0. The van der Waals surface area contributed by atoms with Crippen molar-refractivity contribution in [3.8, 4) is 5.75 Å². The Morgan fingerprint density at radius 3 is 2.23 bits per heavy atom. The third-order valence-electron chi connectivity index (χ3n) is 2.86. The van der Waals surface area contributed by atoms with E-state index in [0.29, 0.717) is 5.75 Å². The van der Waals surface area contributed by atoms with Crippen LogP contribution in [0.3, 0.4) is 0 Å². The van der Waals surface area contributed by atoms with Gasteiger partial charge in [0, 0.05) is 11.2 Å². The first-order chi connectivity index (χ1) is 10.5. The van der Waals surface area contributed by atoms with Crippen LogP contribution in [0, 0.1) is 0 Å². The van der Waals surface area contributed by atoms with Gasteiger partial charge in [-0.3, -0.25) is 4.79 Å². The first kappa shape index (κ1) is 16.6. The standard InChI is InChI=1S/C15H15ClNO4P/c16-22(20,21-13-9-5-2-6-10-13)17-14(15(18)19)11-12-7-3-1-4-8-12/h1-10,14H,11H2,(H,17,20)(H,18,19). The van der Waals surface area contributed by atoms with Gasteiger partial charge in [-0.2, -0.15) is 0 Å². The number of hydrogen-bond acceptors (Lipinski definition) is 3. The molecule has 0 fully saturated rings. The van der Waals surface area contributed by atoms with Gasteiger partial charge in [-0.15, -0.1) is 0 Å². The molecule has 2 rings (SSSR count). The fourth-order valence-electron chi connectivity index (χ4n) is 1.87. The Morgan fingerprint density at radius 2 is 1.68 bits per heavy atom. The molecule has 2 aromatic rings. The quantitative estimate of drug-likeness (QED) is 0.752. The van der Waals surface area contributed by atoms with Crippen LogP contribution in [-0.2, 0) is 15.8 Å². The molecule has 0 aromatic heterocycles. The molecule has 0 heterocycles. The van der Waals surface area contributed by atoms with Crippen LogP contribution in [-0.4, -0.2) is 17.1 Å². The molecule has 0 amide bonds. The zero-order valence-corrected chi connectivity index (χ0v) is 13.2. The van der Waals surface area contributed by atoms with E-state index >= 15 is 0 Å². The van der Waals surface area contributed by atoms with E-state index in [9.17, 15) is 14.5 Å². The third-order valence-corrected chi connectivity index (χ3v) is 4.42. The number of nitrogens with one attached hydrogen (secondary N) is 1. The van der Waals surface area contributed by atoms with Gasteiger partial charge in [0.2, 0.25) is 0 Å². The number of benzene rings is 2. The lowest BCUT2D eigenvalue weighted by Gasteiger charge is -2.19. The van der Waals surface area contributed by atoms with Gasteiger partial charge in [-0.1, -0.05) is 48.5 Å². The Balaban J connectivity index is 2.06. The van der Waals surface area contributed by atoms with E-state index in [1.165, 1.54) is 0 Å². The summed E-state index contributed by atoms with van der Waals surface area (Å²) in [5, 5.41) is 11.7. The monoisotopic (exact) mass is 339 g/mol. The summed E-state index contributed by atoms with van der Waals surface area (Å²) in [5.74, 6) is -0.849. The molecule has 2 atom stereocenters. The molecule has 116 valence electrons. The molecule has 0 saturated heterocycles. The maximum atomic E-state index is 12.3. The van der Waals surface area contributed by atoms with E-state index in [4.69, 9.17) is 15.8 Å². The number of carbonyl (C=O) groups is 1. The summed E-state index contributed by atoms with van der Waals surface area (Å²) in [6, 6.07) is 16.2. The fourth-order valence-corrected chi connectivity index (χ4v) is 3.48. The Hall–Kier alpha value is -1.81.